The van der Waals surface area contributed by atoms with Gasteiger partial charge in [0.2, 0.25) is 0 Å². The summed E-state index contributed by atoms with van der Waals surface area (Å²) in [5.74, 6) is 0. The molecule has 2 unspecified atom stereocenters. The molecule has 0 radical (unpaired) electrons. The molecule has 0 aromatic carbocycles. The van der Waals surface area contributed by atoms with Crippen LogP contribution in [0.4, 0.5) is 9.59 Å². The summed E-state index contributed by atoms with van der Waals surface area (Å²) in [6.07, 6.45) is 6.22. The number of nitrogens with two attached hydrogens (primary N) is 1. The van der Waals surface area contributed by atoms with Gasteiger partial charge >= 0.3 is 12.2 Å². The van der Waals surface area contributed by atoms with E-state index in [9.17, 15) is 9.59 Å². The molecule has 10 nitrogen and oxygen atoms in total. The van der Waals surface area contributed by atoms with Crippen LogP contribution >= 0.6 is 0 Å². The van der Waals surface area contributed by atoms with Crippen molar-refractivity contribution < 1.29 is 28.5 Å². The Morgan fingerprint density at radius 1 is 0.794 bits per heavy atom. The van der Waals surface area contributed by atoms with Gasteiger partial charge in [0, 0.05) is 52.5 Å². The second-order valence-electron chi connectivity index (χ2n) is 8.72. The minimum Gasteiger partial charge on any atom is -0.442 e. The van der Waals surface area contributed by atoms with Crippen molar-refractivity contribution in [3.63, 3.8) is 0 Å². The first kappa shape index (κ1) is 30.4. The first-order valence-electron chi connectivity index (χ1n) is 13.1. The zero-order valence-electron chi connectivity index (χ0n) is 21.4. The third-order valence-corrected chi connectivity index (χ3v) is 5.35. The van der Waals surface area contributed by atoms with Gasteiger partial charge in [-0.1, -0.05) is 39.5 Å². The largest absolute Gasteiger partial charge is 0.442 e. The van der Waals surface area contributed by atoms with Crippen molar-refractivity contribution in [3.8, 4) is 0 Å². The van der Waals surface area contributed by atoms with Crippen LogP contribution in [-0.4, -0.2) is 95.0 Å². The van der Waals surface area contributed by atoms with Crippen molar-refractivity contribution in [3.05, 3.63) is 0 Å². The van der Waals surface area contributed by atoms with Crippen molar-refractivity contribution in [2.75, 3.05) is 65.7 Å². The lowest BCUT2D eigenvalue weighted by atomic mass is 10.2. The number of nitrogens with zero attached hydrogens (tertiary/aromatic N) is 1. The highest BCUT2D eigenvalue weighted by Gasteiger charge is 2.24. The fourth-order valence-electron chi connectivity index (χ4n) is 3.11. The highest BCUT2D eigenvalue weighted by molar-refractivity contribution is 5.67. The lowest BCUT2D eigenvalue weighted by molar-refractivity contribution is 0.0134. The minimum absolute atomic E-state index is 0.230. The van der Waals surface area contributed by atoms with Crippen LogP contribution in [0.25, 0.3) is 0 Å². The Bertz CT molecular complexity index is 522. The van der Waals surface area contributed by atoms with Crippen molar-refractivity contribution in [2.45, 2.75) is 77.4 Å². The SMILES string of the molecule is CCCCOCC(CN)OC(=O)NCCCCCCNC(=O)OC(COCCCC)CN1CC1. The van der Waals surface area contributed by atoms with Gasteiger partial charge in [0.15, 0.2) is 0 Å². The maximum Gasteiger partial charge on any atom is 0.407 e. The monoisotopic (exact) mass is 488 g/mol. The van der Waals surface area contributed by atoms with Crippen LogP contribution in [-0.2, 0) is 18.9 Å². The normalized spacial score (nSPS) is 14.9. The molecular formula is C24H48N4O6. The molecule has 10 heteroatoms. The third kappa shape index (κ3) is 17.8. The van der Waals surface area contributed by atoms with Crippen molar-refractivity contribution in [1.82, 2.24) is 15.5 Å². The van der Waals surface area contributed by atoms with Gasteiger partial charge < -0.3 is 35.3 Å². The third-order valence-electron chi connectivity index (χ3n) is 5.35. The van der Waals surface area contributed by atoms with Crippen LogP contribution in [0.1, 0.15) is 65.2 Å². The van der Waals surface area contributed by atoms with E-state index in [0.717, 1.165) is 71.0 Å². The molecule has 200 valence electrons. The van der Waals surface area contributed by atoms with E-state index in [-0.39, 0.29) is 18.7 Å². The number of carbonyl (C=O) groups excluding carboxylic acids is 2. The van der Waals surface area contributed by atoms with Crippen LogP contribution in [0, 0.1) is 0 Å². The van der Waals surface area contributed by atoms with E-state index in [1.807, 2.05) is 0 Å². The second-order valence-corrected chi connectivity index (χ2v) is 8.72. The number of hydrogen-bond acceptors (Lipinski definition) is 8. The molecule has 1 aliphatic rings. The maximum atomic E-state index is 12.1. The molecule has 0 spiro atoms. The zero-order chi connectivity index (χ0) is 24.9. The quantitative estimate of drug-likeness (QED) is 0.157. The molecular weight excluding hydrogens is 440 g/mol. The molecule has 0 bridgehead atoms. The van der Waals surface area contributed by atoms with Gasteiger partial charge in [-0.3, -0.25) is 4.90 Å². The first-order valence-corrected chi connectivity index (χ1v) is 13.1. The standard InChI is InChI=1S/C24H48N4O6/c1-3-5-15-31-19-21(17-25)33-23(29)26-11-9-7-8-10-12-27-24(30)34-22(18-28-13-14-28)20-32-16-6-4-2/h21-22H,3-20,25H2,1-2H3,(H,26,29)(H,27,30). The Morgan fingerprint density at radius 2 is 1.29 bits per heavy atom. The number of unbranched alkanes of at least 4 members (excludes halogenated alkanes) is 5. The number of rotatable bonds is 22. The summed E-state index contributed by atoms with van der Waals surface area (Å²) >= 11 is 0. The highest BCUT2D eigenvalue weighted by atomic mass is 16.6. The van der Waals surface area contributed by atoms with Crippen LogP contribution in [0.3, 0.4) is 0 Å². The number of carbonyl (C=O) groups is 2. The molecule has 0 aromatic heterocycles. The predicted octanol–water partition coefficient (Wildman–Crippen LogP) is 2.64. The zero-order valence-corrected chi connectivity index (χ0v) is 21.4. The van der Waals surface area contributed by atoms with E-state index in [0.29, 0.717) is 39.5 Å². The van der Waals surface area contributed by atoms with Crippen LogP contribution in [0.2, 0.25) is 0 Å². The molecule has 1 fully saturated rings. The fourth-order valence-corrected chi connectivity index (χ4v) is 3.11. The highest BCUT2D eigenvalue weighted by Crippen LogP contribution is 2.08. The van der Waals surface area contributed by atoms with Crippen molar-refractivity contribution >= 4 is 12.2 Å². The summed E-state index contributed by atoms with van der Waals surface area (Å²) in [5, 5.41) is 5.57. The number of amides is 2. The van der Waals surface area contributed by atoms with Gasteiger partial charge in [-0.2, -0.15) is 0 Å². The van der Waals surface area contributed by atoms with E-state index >= 15 is 0 Å². The summed E-state index contributed by atoms with van der Waals surface area (Å²) in [6, 6.07) is 0. The average Bonchev–Trinajstić information content (AvgIpc) is 3.64. The lowest BCUT2D eigenvalue weighted by Gasteiger charge is -2.19. The Hall–Kier alpha value is -1.62. The van der Waals surface area contributed by atoms with Crippen molar-refractivity contribution in [1.29, 1.82) is 0 Å². The van der Waals surface area contributed by atoms with Gasteiger partial charge in [-0.15, -0.1) is 0 Å². The molecule has 1 aliphatic heterocycles. The lowest BCUT2D eigenvalue weighted by Crippen LogP contribution is -2.36. The molecule has 0 aromatic rings. The van der Waals surface area contributed by atoms with E-state index < -0.39 is 12.2 Å². The average molecular weight is 489 g/mol. The van der Waals surface area contributed by atoms with Gasteiger partial charge in [-0.05, 0) is 25.7 Å². The Kier molecular flexibility index (Phi) is 18.5. The summed E-state index contributed by atoms with van der Waals surface area (Å²) in [4.78, 5) is 26.2. The van der Waals surface area contributed by atoms with Crippen LogP contribution < -0.4 is 16.4 Å². The molecule has 1 heterocycles. The fraction of sp³-hybridized carbons (Fsp3) is 0.917. The van der Waals surface area contributed by atoms with Gasteiger partial charge in [0.05, 0.1) is 13.2 Å². The molecule has 0 aliphatic carbocycles. The first-order chi connectivity index (χ1) is 16.6. The van der Waals surface area contributed by atoms with E-state index in [1.54, 1.807) is 0 Å². The van der Waals surface area contributed by atoms with Crippen molar-refractivity contribution in [2.24, 2.45) is 5.73 Å². The number of nitrogens with one attached hydrogen (secondary N) is 2. The Labute approximate surface area is 205 Å². The summed E-state index contributed by atoms with van der Waals surface area (Å²) in [6.45, 7) is 10.5. The summed E-state index contributed by atoms with van der Waals surface area (Å²) < 4.78 is 21.9. The summed E-state index contributed by atoms with van der Waals surface area (Å²) in [5.41, 5.74) is 5.63. The predicted molar refractivity (Wildman–Crippen MR) is 132 cm³/mol. The van der Waals surface area contributed by atoms with Gasteiger partial charge in [0.1, 0.15) is 12.2 Å². The molecule has 1 rings (SSSR count). The maximum absolute atomic E-state index is 12.1. The smallest absolute Gasteiger partial charge is 0.407 e. The van der Waals surface area contributed by atoms with E-state index in [1.165, 1.54) is 0 Å². The van der Waals surface area contributed by atoms with Crippen LogP contribution in [0.5, 0.6) is 0 Å². The van der Waals surface area contributed by atoms with Gasteiger partial charge in [0.25, 0.3) is 0 Å². The summed E-state index contributed by atoms with van der Waals surface area (Å²) in [7, 11) is 0. The molecule has 0 saturated carbocycles. The molecule has 34 heavy (non-hydrogen) atoms. The topological polar surface area (TPSA) is 124 Å². The van der Waals surface area contributed by atoms with E-state index in [4.69, 9.17) is 24.7 Å². The Morgan fingerprint density at radius 3 is 1.76 bits per heavy atom. The molecule has 2 atom stereocenters. The second kappa shape index (κ2) is 20.7. The number of alkyl carbamates (subject to hydrolysis) is 2. The van der Waals surface area contributed by atoms with E-state index in [2.05, 4.69) is 29.4 Å². The minimum atomic E-state index is -0.463. The molecule has 2 amide bonds. The Balaban J connectivity index is 2.01. The van der Waals surface area contributed by atoms with Gasteiger partial charge in [-0.25, -0.2) is 9.59 Å². The number of ether oxygens (including phenoxy) is 4. The molecule has 1 saturated heterocycles. The number of hydrogen-bond donors (Lipinski definition) is 3. The van der Waals surface area contributed by atoms with Crippen LogP contribution in [0.15, 0.2) is 0 Å². The molecule has 4 N–H and O–H groups in total.